The molecule has 0 saturated heterocycles. The van der Waals surface area contributed by atoms with Crippen molar-refractivity contribution in [3.05, 3.63) is 23.4 Å². The van der Waals surface area contributed by atoms with Crippen LogP contribution in [0.1, 0.15) is 6.42 Å². The molecule has 0 fully saturated rings. The lowest BCUT2D eigenvalue weighted by molar-refractivity contribution is -0.161. The smallest absolute Gasteiger partial charge is 0.257 e. The summed E-state index contributed by atoms with van der Waals surface area (Å²) in [7, 11) is 0. The maximum absolute atomic E-state index is 12.3. The molecule has 0 unspecified atom stereocenters. The Balaban J connectivity index is 2.27. The molecule has 0 saturated carbocycles. The molecule has 0 bridgehead atoms. The SMILES string of the molecule is FC(F)(F)[C@@H]1CC=C2N=CC=C21. The molecule has 64 valence electrons. The van der Waals surface area contributed by atoms with Gasteiger partial charge in [-0.1, -0.05) is 6.08 Å². The van der Waals surface area contributed by atoms with E-state index in [1.165, 1.54) is 18.4 Å². The van der Waals surface area contributed by atoms with E-state index in [0.717, 1.165) is 0 Å². The fourth-order valence-electron chi connectivity index (χ4n) is 1.49. The fraction of sp³-hybridized carbons (Fsp3) is 0.375. The van der Waals surface area contributed by atoms with Gasteiger partial charge in [0.15, 0.2) is 0 Å². The van der Waals surface area contributed by atoms with E-state index in [4.69, 9.17) is 0 Å². The van der Waals surface area contributed by atoms with Gasteiger partial charge in [-0.15, -0.1) is 0 Å². The summed E-state index contributed by atoms with van der Waals surface area (Å²) < 4.78 is 36.8. The first-order chi connectivity index (χ1) is 5.59. The van der Waals surface area contributed by atoms with Crippen molar-refractivity contribution in [1.29, 1.82) is 0 Å². The van der Waals surface area contributed by atoms with Crippen molar-refractivity contribution in [3.8, 4) is 0 Å². The van der Waals surface area contributed by atoms with Crippen LogP contribution in [-0.2, 0) is 0 Å². The average Bonchev–Trinajstić information content (AvgIpc) is 2.37. The Morgan fingerprint density at radius 2 is 2.17 bits per heavy atom. The molecule has 0 spiro atoms. The van der Waals surface area contributed by atoms with Crippen LogP contribution in [0.5, 0.6) is 0 Å². The van der Waals surface area contributed by atoms with Gasteiger partial charge in [0.25, 0.3) is 0 Å². The second-order valence-electron chi connectivity index (χ2n) is 2.82. The number of aliphatic imine (C=N–C) groups is 1. The number of hydrogen-bond acceptors (Lipinski definition) is 1. The van der Waals surface area contributed by atoms with Crippen LogP contribution in [0.2, 0.25) is 0 Å². The first kappa shape index (κ1) is 7.58. The highest BCUT2D eigenvalue weighted by Gasteiger charge is 2.45. The van der Waals surface area contributed by atoms with Gasteiger partial charge in [-0.05, 0) is 18.1 Å². The minimum atomic E-state index is -4.13. The molecule has 0 aromatic heterocycles. The molecule has 4 heteroatoms. The average molecular weight is 173 g/mol. The maximum Gasteiger partial charge on any atom is 0.396 e. The summed E-state index contributed by atoms with van der Waals surface area (Å²) in [5.74, 6) is -1.32. The van der Waals surface area contributed by atoms with Crippen LogP contribution in [0, 0.1) is 5.92 Å². The van der Waals surface area contributed by atoms with E-state index in [1.54, 1.807) is 0 Å². The van der Waals surface area contributed by atoms with Gasteiger partial charge in [-0.25, -0.2) is 0 Å². The molecule has 0 aromatic rings. The molecular weight excluding hydrogens is 167 g/mol. The number of fused-ring (bicyclic) bond motifs is 1. The van der Waals surface area contributed by atoms with Crippen LogP contribution in [-0.4, -0.2) is 12.4 Å². The van der Waals surface area contributed by atoms with Crippen LogP contribution in [0.15, 0.2) is 28.4 Å². The second kappa shape index (κ2) is 2.21. The third-order valence-electron chi connectivity index (χ3n) is 2.08. The van der Waals surface area contributed by atoms with Gasteiger partial charge in [0.2, 0.25) is 0 Å². The topological polar surface area (TPSA) is 12.4 Å². The quantitative estimate of drug-likeness (QED) is 0.533. The molecule has 0 aromatic carbocycles. The van der Waals surface area contributed by atoms with E-state index in [2.05, 4.69) is 4.99 Å². The van der Waals surface area contributed by atoms with E-state index in [-0.39, 0.29) is 6.42 Å². The largest absolute Gasteiger partial charge is 0.396 e. The van der Waals surface area contributed by atoms with Crippen molar-refractivity contribution in [3.63, 3.8) is 0 Å². The molecule has 2 aliphatic rings. The van der Waals surface area contributed by atoms with Crippen LogP contribution < -0.4 is 0 Å². The lowest BCUT2D eigenvalue weighted by Gasteiger charge is -2.15. The van der Waals surface area contributed by atoms with Gasteiger partial charge in [0, 0.05) is 6.21 Å². The zero-order valence-electron chi connectivity index (χ0n) is 6.10. The van der Waals surface area contributed by atoms with E-state index in [0.29, 0.717) is 11.3 Å². The molecule has 1 aliphatic carbocycles. The molecule has 1 nitrogen and oxygen atoms in total. The van der Waals surface area contributed by atoms with Crippen molar-refractivity contribution in [2.75, 3.05) is 0 Å². The lowest BCUT2D eigenvalue weighted by Crippen LogP contribution is -2.21. The van der Waals surface area contributed by atoms with Crippen molar-refractivity contribution >= 4 is 6.21 Å². The Labute approximate surface area is 67.3 Å². The molecule has 0 N–H and O–H groups in total. The maximum atomic E-state index is 12.3. The summed E-state index contributed by atoms with van der Waals surface area (Å²) in [6.45, 7) is 0. The minimum absolute atomic E-state index is 0.0437. The first-order valence-corrected chi connectivity index (χ1v) is 3.60. The summed E-state index contributed by atoms with van der Waals surface area (Å²) in [5, 5.41) is 0. The fourth-order valence-corrected chi connectivity index (χ4v) is 1.49. The minimum Gasteiger partial charge on any atom is -0.257 e. The zero-order valence-corrected chi connectivity index (χ0v) is 6.10. The van der Waals surface area contributed by atoms with Gasteiger partial charge >= 0.3 is 6.18 Å². The predicted octanol–water partition coefficient (Wildman–Crippen LogP) is 2.46. The van der Waals surface area contributed by atoms with Crippen LogP contribution in [0.25, 0.3) is 0 Å². The molecule has 2 rings (SSSR count). The summed E-state index contributed by atoms with van der Waals surface area (Å²) >= 11 is 0. The van der Waals surface area contributed by atoms with Crippen molar-refractivity contribution in [2.24, 2.45) is 10.9 Å². The van der Waals surface area contributed by atoms with Gasteiger partial charge in [0.1, 0.15) is 0 Å². The number of halogens is 3. The normalized spacial score (nSPS) is 27.1. The molecule has 0 amide bonds. The summed E-state index contributed by atoms with van der Waals surface area (Å²) in [6, 6.07) is 0. The predicted molar refractivity (Wildman–Crippen MR) is 38.8 cm³/mol. The Morgan fingerprint density at radius 1 is 1.42 bits per heavy atom. The van der Waals surface area contributed by atoms with Crippen molar-refractivity contribution in [1.82, 2.24) is 0 Å². The summed E-state index contributed by atoms with van der Waals surface area (Å²) in [6.07, 6.45) is 0.309. The Hall–Kier alpha value is -1.06. The number of rotatable bonds is 0. The van der Waals surface area contributed by atoms with Crippen LogP contribution in [0.3, 0.4) is 0 Å². The Morgan fingerprint density at radius 3 is 2.83 bits per heavy atom. The standard InChI is InChI=1S/C8H6F3N/c9-8(10,11)6-1-2-7-5(6)3-4-12-7/h2-4,6H,1H2/t6-/m1/s1. The molecule has 12 heavy (non-hydrogen) atoms. The van der Waals surface area contributed by atoms with E-state index < -0.39 is 12.1 Å². The van der Waals surface area contributed by atoms with Gasteiger partial charge < -0.3 is 0 Å². The number of hydrogen-bond donors (Lipinski definition) is 0. The van der Waals surface area contributed by atoms with Crippen molar-refractivity contribution in [2.45, 2.75) is 12.6 Å². The lowest BCUT2D eigenvalue weighted by atomic mass is 10.0. The highest BCUT2D eigenvalue weighted by Crippen LogP contribution is 2.43. The number of nitrogens with zero attached hydrogens (tertiary/aromatic N) is 1. The molecular formula is C8H6F3N. The number of alkyl halides is 3. The molecule has 1 heterocycles. The van der Waals surface area contributed by atoms with Gasteiger partial charge in [-0.2, -0.15) is 13.2 Å². The molecule has 1 aliphatic heterocycles. The monoisotopic (exact) mass is 173 g/mol. The molecule has 1 atom stereocenters. The van der Waals surface area contributed by atoms with E-state index in [9.17, 15) is 13.2 Å². The second-order valence-corrected chi connectivity index (χ2v) is 2.82. The van der Waals surface area contributed by atoms with Crippen LogP contribution in [0.4, 0.5) is 13.2 Å². The summed E-state index contributed by atoms with van der Waals surface area (Å²) in [5.41, 5.74) is 0.819. The Bertz CT molecular complexity index is 296. The van der Waals surface area contributed by atoms with Crippen LogP contribution >= 0.6 is 0 Å². The first-order valence-electron chi connectivity index (χ1n) is 3.60. The third kappa shape index (κ3) is 0.983. The number of allylic oxidation sites excluding steroid dienone is 3. The van der Waals surface area contributed by atoms with Gasteiger partial charge in [-0.3, -0.25) is 4.99 Å². The summed E-state index contributed by atoms with van der Waals surface area (Å²) in [4.78, 5) is 3.80. The third-order valence-corrected chi connectivity index (χ3v) is 2.08. The Kier molecular flexibility index (Phi) is 1.40. The highest BCUT2D eigenvalue weighted by molar-refractivity contribution is 5.80. The van der Waals surface area contributed by atoms with Gasteiger partial charge in [0.05, 0.1) is 11.6 Å². The molecule has 0 radical (unpaired) electrons. The van der Waals surface area contributed by atoms with E-state index >= 15 is 0 Å². The van der Waals surface area contributed by atoms with Crippen molar-refractivity contribution < 1.29 is 13.2 Å². The zero-order chi connectivity index (χ0) is 8.77. The van der Waals surface area contributed by atoms with E-state index in [1.807, 2.05) is 0 Å². The highest BCUT2D eigenvalue weighted by atomic mass is 19.4.